The van der Waals surface area contributed by atoms with Gasteiger partial charge in [-0.2, -0.15) is 21.6 Å². The van der Waals surface area contributed by atoms with Crippen LogP contribution in [-0.2, 0) is 10.0 Å². The zero-order chi connectivity index (χ0) is 15.8. The number of nitrogens with one attached hydrogen (secondary N) is 1. The van der Waals surface area contributed by atoms with Crippen molar-refractivity contribution in [3.63, 3.8) is 0 Å². The molecule has 0 saturated heterocycles. The fourth-order valence-corrected chi connectivity index (χ4v) is 1.73. The topological polar surface area (TPSA) is 55.4 Å². The first-order valence-corrected chi connectivity index (χ1v) is 6.32. The highest BCUT2D eigenvalue weighted by atomic mass is 35.5. The van der Waals surface area contributed by atoms with Gasteiger partial charge in [-0.1, -0.05) is 11.6 Å². The van der Waals surface area contributed by atoms with E-state index in [0.29, 0.717) is 12.1 Å². The quantitative estimate of drug-likeness (QED) is 0.855. The molecule has 0 saturated carbocycles. The van der Waals surface area contributed by atoms with Crippen LogP contribution in [0.3, 0.4) is 0 Å². The van der Waals surface area contributed by atoms with E-state index in [1.165, 1.54) is 0 Å². The Labute approximate surface area is 113 Å². The van der Waals surface area contributed by atoms with Crippen LogP contribution in [0.4, 0.5) is 32.0 Å². The maximum absolute atomic E-state index is 12.1. The highest BCUT2D eigenvalue weighted by molar-refractivity contribution is 7.93. The van der Waals surface area contributed by atoms with E-state index in [1.54, 1.807) is 0 Å². The first kappa shape index (κ1) is 16.7. The molecule has 0 radical (unpaired) electrons. The van der Waals surface area contributed by atoms with Gasteiger partial charge in [0.15, 0.2) is 5.75 Å². The van der Waals surface area contributed by atoms with Crippen molar-refractivity contribution >= 4 is 27.3 Å². The molecule has 0 bridgehead atoms. The molecular weight excluding hydrogens is 340 g/mol. The first-order valence-electron chi connectivity index (χ1n) is 4.46. The van der Waals surface area contributed by atoms with Crippen LogP contribution in [0, 0.1) is 0 Å². The Bertz CT molecular complexity index is 597. The lowest BCUT2D eigenvalue weighted by Crippen LogP contribution is -2.30. The summed E-state index contributed by atoms with van der Waals surface area (Å²) in [5.41, 5.74) is -6.74. The molecule has 0 amide bonds. The van der Waals surface area contributed by atoms with Gasteiger partial charge in [-0.05, 0) is 12.1 Å². The molecule has 20 heavy (non-hydrogen) atoms. The van der Waals surface area contributed by atoms with E-state index >= 15 is 0 Å². The summed E-state index contributed by atoms with van der Waals surface area (Å²) in [5.74, 6) is -1.21. The van der Waals surface area contributed by atoms with Crippen molar-refractivity contribution < 1.29 is 39.5 Å². The summed E-state index contributed by atoms with van der Waals surface area (Å²) < 4.78 is 98.5. The van der Waals surface area contributed by atoms with Crippen LogP contribution in [0.1, 0.15) is 0 Å². The lowest BCUT2D eigenvalue weighted by Gasteiger charge is -2.16. The van der Waals surface area contributed by atoms with Crippen molar-refractivity contribution in [3.8, 4) is 5.75 Å². The monoisotopic (exact) mass is 343 g/mol. The number of hydrogen-bond donors (Lipinski definition) is 1. The number of halogens is 7. The molecule has 0 heterocycles. The molecule has 0 aliphatic heterocycles. The fraction of sp³-hybridized carbons (Fsp3) is 0.250. The van der Waals surface area contributed by atoms with Crippen LogP contribution in [0.25, 0.3) is 0 Å². The molecule has 0 aromatic heterocycles. The SMILES string of the molecule is O=S(=O)(Nc1ccc(Cl)cc1OC(F)(F)F)C(F)(F)F. The molecule has 1 aromatic carbocycles. The van der Waals surface area contributed by atoms with E-state index in [2.05, 4.69) is 4.74 Å². The molecule has 4 nitrogen and oxygen atoms in total. The van der Waals surface area contributed by atoms with Gasteiger partial charge in [-0.3, -0.25) is 4.72 Å². The fourth-order valence-electron chi connectivity index (χ4n) is 0.992. The van der Waals surface area contributed by atoms with Crippen LogP contribution in [-0.4, -0.2) is 20.3 Å². The Balaban J connectivity index is 3.20. The minimum atomic E-state index is -5.88. The van der Waals surface area contributed by atoms with E-state index < -0.39 is 33.3 Å². The highest BCUT2D eigenvalue weighted by Crippen LogP contribution is 2.35. The average Bonchev–Trinajstić information content (AvgIpc) is 2.18. The van der Waals surface area contributed by atoms with Gasteiger partial charge in [0.1, 0.15) is 0 Å². The van der Waals surface area contributed by atoms with Crippen molar-refractivity contribution in [2.24, 2.45) is 0 Å². The van der Waals surface area contributed by atoms with Crippen LogP contribution in [0.2, 0.25) is 5.02 Å². The number of ether oxygens (including phenoxy) is 1. The molecule has 1 rings (SSSR count). The maximum atomic E-state index is 12.1. The summed E-state index contributed by atoms with van der Waals surface area (Å²) in [6.45, 7) is 0. The minimum Gasteiger partial charge on any atom is -0.403 e. The van der Waals surface area contributed by atoms with Crippen molar-refractivity contribution in [2.45, 2.75) is 11.9 Å². The molecule has 0 unspecified atom stereocenters. The summed E-state index contributed by atoms with van der Waals surface area (Å²) in [7, 11) is -5.88. The number of hydrogen-bond acceptors (Lipinski definition) is 3. The van der Waals surface area contributed by atoms with Crippen molar-refractivity contribution in [1.29, 1.82) is 0 Å². The molecule has 1 N–H and O–H groups in total. The first-order chi connectivity index (χ1) is 8.82. The molecule has 0 atom stereocenters. The Kier molecular flexibility index (Phi) is 4.34. The Hall–Kier alpha value is -1.36. The van der Waals surface area contributed by atoms with Crippen LogP contribution in [0.5, 0.6) is 5.75 Å². The minimum absolute atomic E-state index is 0.292. The summed E-state index contributed by atoms with van der Waals surface area (Å²) in [6, 6.07) is 2.01. The second kappa shape index (κ2) is 5.20. The second-order valence-corrected chi connectivity index (χ2v) is 5.35. The molecular formula is C8H4ClF6NO3S. The van der Waals surface area contributed by atoms with Crippen LogP contribution < -0.4 is 9.46 Å². The van der Waals surface area contributed by atoms with Crippen molar-refractivity contribution in [3.05, 3.63) is 23.2 Å². The molecule has 1 aromatic rings. The third kappa shape index (κ3) is 4.34. The highest BCUT2D eigenvalue weighted by Gasteiger charge is 2.46. The van der Waals surface area contributed by atoms with Gasteiger partial charge in [-0.25, -0.2) is 0 Å². The van der Waals surface area contributed by atoms with Gasteiger partial charge in [-0.15, -0.1) is 13.2 Å². The van der Waals surface area contributed by atoms with Crippen LogP contribution >= 0.6 is 11.6 Å². The van der Waals surface area contributed by atoms with Gasteiger partial charge in [0.05, 0.1) is 5.69 Å². The van der Waals surface area contributed by atoms with Gasteiger partial charge in [0.25, 0.3) is 0 Å². The van der Waals surface area contributed by atoms with Gasteiger partial charge in [0, 0.05) is 11.1 Å². The molecule has 0 fully saturated rings. The summed E-state index contributed by atoms with van der Waals surface area (Å²) in [4.78, 5) is 0. The second-order valence-electron chi connectivity index (χ2n) is 3.24. The Morgan fingerprint density at radius 3 is 2.10 bits per heavy atom. The van der Waals surface area contributed by atoms with Crippen molar-refractivity contribution in [2.75, 3.05) is 4.72 Å². The molecule has 12 heteroatoms. The Morgan fingerprint density at radius 1 is 1.10 bits per heavy atom. The number of benzene rings is 1. The number of rotatable bonds is 3. The molecule has 0 spiro atoms. The van der Waals surface area contributed by atoms with E-state index in [-0.39, 0.29) is 5.02 Å². The van der Waals surface area contributed by atoms with Gasteiger partial charge >= 0.3 is 21.9 Å². The predicted octanol–water partition coefficient (Wildman–Crippen LogP) is 3.50. The zero-order valence-corrected chi connectivity index (χ0v) is 10.6. The predicted molar refractivity (Wildman–Crippen MR) is 56.7 cm³/mol. The third-order valence-corrected chi connectivity index (χ3v) is 3.05. The standard InChI is InChI=1S/C8H4ClF6NO3S/c9-4-1-2-5(6(3-4)19-7(10,11)12)16-20(17,18)8(13,14)15/h1-3,16H. The zero-order valence-electron chi connectivity index (χ0n) is 9.01. The molecule has 0 aliphatic rings. The van der Waals surface area contributed by atoms with Crippen LogP contribution in [0.15, 0.2) is 18.2 Å². The number of alkyl halides is 6. The molecule has 0 aliphatic carbocycles. The Morgan fingerprint density at radius 2 is 1.65 bits per heavy atom. The summed E-state index contributed by atoms with van der Waals surface area (Å²) in [6.07, 6.45) is -5.23. The number of anilines is 1. The summed E-state index contributed by atoms with van der Waals surface area (Å²) in [5, 5.41) is -0.292. The van der Waals surface area contributed by atoms with E-state index in [1.807, 2.05) is 0 Å². The third-order valence-electron chi connectivity index (χ3n) is 1.72. The van der Waals surface area contributed by atoms with E-state index in [9.17, 15) is 34.8 Å². The lowest BCUT2D eigenvalue weighted by atomic mass is 10.3. The maximum Gasteiger partial charge on any atom is 0.573 e. The van der Waals surface area contributed by atoms with Gasteiger partial charge < -0.3 is 4.74 Å². The average molecular weight is 344 g/mol. The number of sulfonamides is 1. The lowest BCUT2D eigenvalue weighted by molar-refractivity contribution is -0.274. The smallest absolute Gasteiger partial charge is 0.403 e. The van der Waals surface area contributed by atoms with Gasteiger partial charge in [0.2, 0.25) is 0 Å². The normalized spacial score (nSPS) is 13.2. The summed E-state index contributed by atoms with van der Waals surface area (Å²) >= 11 is 5.36. The van der Waals surface area contributed by atoms with Crippen molar-refractivity contribution in [1.82, 2.24) is 0 Å². The molecule has 114 valence electrons. The largest absolute Gasteiger partial charge is 0.573 e. The van der Waals surface area contributed by atoms with E-state index in [0.717, 1.165) is 10.8 Å². The van der Waals surface area contributed by atoms with E-state index in [4.69, 9.17) is 11.6 Å².